The van der Waals surface area contributed by atoms with E-state index in [-0.39, 0.29) is 5.91 Å². The molecule has 0 heterocycles. The first-order chi connectivity index (χ1) is 8.97. The van der Waals surface area contributed by atoms with E-state index in [0.717, 1.165) is 13.4 Å². The predicted molar refractivity (Wildman–Crippen MR) is 88.3 cm³/mol. The van der Waals surface area contributed by atoms with Crippen LogP contribution in [0.3, 0.4) is 0 Å². The van der Waals surface area contributed by atoms with Gasteiger partial charge in [-0.2, -0.15) is 0 Å². The molecule has 0 atom stereocenters. The van der Waals surface area contributed by atoms with Crippen molar-refractivity contribution < 1.29 is 4.79 Å². The van der Waals surface area contributed by atoms with Crippen molar-refractivity contribution in [2.45, 2.75) is 0 Å². The number of nitrogens with one attached hydrogen (secondary N) is 1. The van der Waals surface area contributed by atoms with Crippen molar-refractivity contribution in [1.82, 2.24) is 0 Å². The Bertz CT molecular complexity index is 644. The molecule has 6 heteroatoms. The van der Waals surface area contributed by atoms with Gasteiger partial charge in [-0.05, 0) is 68.3 Å². The number of rotatable bonds is 2. The van der Waals surface area contributed by atoms with Gasteiger partial charge in [-0.15, -0.1) is 0 Å². The summed E-state index contributed by atoms with van der Waals surface area (Å²) in [6, 6.07) is 10.6. The number of nitrogen functional groups attached to an aromatic ring is 1. The molecule has 0 aliphatic carbocycles. The summed E-state index contributed by atoms with van der Waals surface area (Å²) in [6.07, 6.45) is 0. The predicted octanol–water partition coefficient (Wildman–Crippen LogP) is 4.81. The van der Waals surface area contributed by atoms with Crippen LogP contribution in [0.4, 0.5) is 11.4 Å². The summed E-state index contributed by atoms with van der Waals surface area (Å²) in [6.45, 7) is 0. The zero-order valence-electron chi connectivity index (χ0n) is 9.58. The second kappa shape index (κ2) is 6.07. The average Bonchev–Trinajstić information content (AvgIpc) is 2.33. The lowest BCUT2D eigenvalue weighted by Gasteiger charge is -2.08. The number of hydrogen-bond donors (Lipinski definition) is 2. The maximum absolute atomic E-state index is 12.1. The van der Waals surface area contributed by atoms with Crippen LogP contribution in [0.15, 0.2) is 49.8 Å². The van der Waals surface area contributed by atoms with Gasteiger partial charge in [0, 0.05) is 24.8 Å². The van der Waals surface area contributed by atoms with E-state index in [1.54, 1.807) is 24.3 Å². The lowest BCUT2D eigenvalue weighted by molar-refractivity contribution is 0.102. The minimum absolute atomic E-state index is 0.184. The van der Waals surface area contributed by atoms with Gasteiger partial charge in [-0.1, -0.05) is 15.9 Å². The van der Waals surface area contributed by atoms with Crippen LogP contribution in [0, 0.1) is 0 Å². The molecule has 2 aromatic rings. The molecule has 0 spiro atoms. The third kappa shape index (κ3) is 3.58. The van der Waals surface area contributed by atoms with Gasteiger partial charge in [0.15, 0.2) is 0 Å². The second-order valence-electron chi connectivity index (χ2n) is 3.81. The molecule has 2 aromatic carbocycles. The van der Waals surface area contributed by atoms with Gasteiger partial charge >= 0.3 is 0 Å². The molecule has 0 unspecified atom stereocenters. The lowest BCUT2D eigenvalue weighted by Crippen LogP contribution is -2.12. The van der Waals surface area contributed by atoms with Crippen LogP contribution >= 0.6 is 47.8 Å². The van der Waals surface area contributed by atoms with Gasteiger partial charge in [-0.25, -0.2) is 0 Å². The fourth-order valence-electron chi connectivity index (χ4n) is 1.48. The van der Waals surface area contributed by atoms with Crippen molar-refractivity contribution in [2.24, 2.45) is 0 Å². The van der Waals surface area contributed by atoms with Crippen molar-refractivity contribution in [2.75, 3.05) is 11.1 Å². The second-order valence-corrected chi connectivity index (χ2v) is 6.44. The van der Waals surface area contributed by atoms with E-state index in [4.69, 9.17) is 5.73 Å². The lowest BCUT2D eigenvalue weighted by atomic mass is 10.2. The van der Waals surface area contributed by atoms with E-state index < -0.39 is 0 Å². The molecule has 0 aliphatic rings. The van der Waals surface area contributed by atoms with Crippen LogP contribution in [0.1, 0.15) is 10.4 Å². The number of nitrogens with two attached hydrogens (primary N) is 1. The number of carbonyl (C=O) groups is 1. The molecule has 0 saturated carbocycles. The highest BCUT2D eigenvalue weighted by Gasteiger charge is 2.11. The Kier molecular flexibility index (Phi) is 4.65. The van der Waals surface area contributed by atoms with Crippen LogP contribution < -0.4 is 11.1 Å². The first kappa shape index (κ1) is 14.6. The van der Waals surface area contributed by atoms with Gasteiger partial charge in [0.25, 0.3) is 5.91 Å². The van der Waals surface area contributed by atoms with Crippen LogP contribution in [-0.2, 0) is 0 Å². The standard InChI is InChI=1S/C13H9Br3N2O/c14-7-1-3-9(10(15)5-7)13(19)18-8-2-4-12(17)11(16)6-8/h1-6H,17H2,(H,18,19). The van der Waals surface area contributed by atoms with E-state index in [9.17, 15) is 4.79 Å². The molecule has 3 nitrogen and oxygen atoms in total. The highest BCUT2D eigenvalue weighted by Crippen LogP contribution is 2.25. The molecule has 2 rings (SSSR count). The van der Waals surface area contributed by atoms with Gasteiger partial charge < -0.3 is 11.1 Å². The van der Waals surface area contributed by atoms with Gasteiger partial charge in [0.05, 0.1) is 5.56 Å². The molecule has 1 amide bonds. The third-order valence-corrected chi connectivity index (χ3v) is 4.27. The maximum Gasteiger partial charge on any atom is 0.256 e. The van der Waals surface area contributed by atoms with Crippen molar-refractivity contribution in [3.05, 3.63) is 55.4 Å². The SMILES string of the molecule is Nc1ccc(NC(=O)c2ccc(Br)cc2Br)cc1Br. The summed E-state index contributed by atoms with van der Waals surface area (Å²) in [5, 5.41) is 2.82. The Balaban J connectivity index is 2.23. The molecule has 19 heavy (non-hydrogen) atoms. The number of amides is 1. The highest BCUT2D eigenvalue weighted by molar-refractivity contribution is 9.11. The topological polar surface area (TPSA) is 55.1 Å². The van der Waals surface area contributed by atoms with Gasteiger partial charge in [0.2, 0.25) is 0 Å². The van der Waals surface area contributed by atoms with Gasteiger partial charge in [0.1, 0.15) is 0 Å². The Hall–Kier alpha value is -0.850. The molecule has 0 radical (unpaired) electrons. The summed E-state index contributed by atoms with van der Waals surface area (Å²) in [4.78, 5) is 12.1. The van der Waals surface area contributed by atoms with Crippen LogP contribution in [0.2, 0.25) is 0 Å². The summed E-state index contributed by atoms with van der Waals surface area (Å²) in [5.41, 5.74) is 7.57. The molecule has 0 saturated heterocycles. The van der Waals surface area contributed by atoms with E-state index in [0.29, 0.717) is 16.9 Å². The molecule has 0 aromatic heterocycles. The van der Waals surface area contributed by atoms with E-state index in [1.165, 1.54) is 0 Å². The highest BCUT2D eigenvalue weighted by atomic mass is 79.9. The van der Waals surface area contributed by atoms with Crippen molar-refractivity contribution >= 4 is 65.1 Å². The quantitative estimate of drug-likeness (QED) is 0.648. The average molecular weight is 449 g/mol. The zero-order valence-corrected chi connectivity index (χ0v) is 14.3. The maximum atomic E-state index is 12.1. The monoisotopic (exact) mass is 446 g/mol. The minimum atomic E-state index is -0.184. The number of anilines is 2. The van der Waals surface area contributed by atoms with Crippen LogP contribution in [0.25, 0.3) is 0 Å². The molecular formula is C13H9Br3N2O. The first-order valence-electron chi connectivity index (χ1n) is 5.29. The normalized spacial score (nSPS) is 10.3. The van der Waals surface area contributed by atoms with Crippen LogP contribution in [-0.4, -0.2) is 5.91 Å². The largest absolute Gasteiger partial charge is 0.398 e. The molecule has 0 bridgehead atoms. The van der Waals surface area contributed by atoms with Crippen molar-refractivity contribution in [3.8, 4) is 0 Å². The summed E-state index contributed by atoms with van der Waals surface area (Å²) >= 11 is 10.0. The van der Waals surface area contributed by atoms with E-state index >= 15 is 0 Å². The molecule has 3 N–H and O–H groups in total. The van der Waals surface area contributed by atoms with Gasteiger partial charge in [-0.3, -0.25) is 4.79 Å². The molecule has 0 aliphatic heterocycles. The van der Waals surface area contributed by atoms with Crippen LogP contribution in [0.5, 0.6) is 0 Å². The number of carbonyl (C=O) groups excluding carboxylic acids is 1. The number of halogens is 3. The summed E-state index contributed by atoms with van der Waals surface area (Å²) < 4.78 is 2.39. The summed E-state index contributed by atoms with van der Waals surface area (Å²) in [5.74, 6) is -0.184. The molecular weight excluding hydrogens is 440 g/mol. The first-order valence-corrected chi connectivity index (χ1v) is 7.66. The number of benzene rings is 2. The number of hydrogen-bond acceptors (Lipinski definition) is 2. The Morgan fingerprint density at radius 2 is 1.74 bits per heavy atom. The Morgan fingerprint density at radius 1 is 1.00 bits per heavy atom. The van der Waals surface area contributed by atoms with Crippen molar-refractivity contribution in [1.29, 1.82) is 0 Å². The summed E-state index contributed by atoms with van der Waals surface area (Å²) in [7, 11) is 0. The zero-order chi connectivity index (χ0) is 14.0. The Morgan fingerprint density at radius 3 is 2.37 bits per heavy atom. The van der Waals surface area contributed by atoms with E-state index in [1.807, 2.05) is 12.1 Å². The Labute approximate surface area is 136 Å². The van der Waals surface area contributed by atoms with E-state index in [2.05, 4.69) is 53.1 Å². The smallest absolute Gasteiger partial charge is 0.256 e. The van der Waals surface area contributed by atoms with Crippen molar-refractivity contribution in [3.63, 3.8) is 0 Å². The fourth-order valence-corrected chi connectivity index (χ4v) is 3.08. The molecule has 98 valence electrons. The molecule has 0 fully saturated rings. The third-order valence-electron chi connectivity index (χ3n) is 2.43. The minimum Gasteiger partial charge on any atom is -0.398 e. The fraction of sp³-hybridized carbons (Fsp3) is 0.